The summed E-state index contributed by atoms with van der Waals surface area (Å²) in [6, 6.07) is 1.80. The van der Waals surface area contributed by atoms with Crippen LogP contribution in [-0.4, -0.2) is 54.5 Å². The van der Waals surface area contributed by atoms with Gasteiger partial charge in [-0.05, 0) is 50.9 Å². The predicted octanol–water partition coefficient (Wildman–Crippen LogP) is 4.77. The monoisotopic (exact) mass is 453 g/mol. The van der Waals surface area contributed by atoms with Crippen molar-refractivity contribution < 1.29 is 13.7 Å². The van der Waals surface area contributed by atoms with Gasteiger partial charge < -0.3 is 23.2 Å². The molecule has 0 saturated carbocycles. The molecule has 168 valence electrons. The van der Waals surface area contributed by atoms with Crippen molar-refractivity contribution in [1.29, 1.82) is 0 Å². The molecule has 3 heterocycles. The summed E-state index contributed by atoms with van der Waals surface area (Å²) in [5, 5.41) is 0.612. The first-order valence-corrected chi connectivity index (χ1v) is 15.7. The largest absolute Gasteiger partial charge is 0.407 e. The van der Waals surface area contributed by atoms with Crippen molar-refractivity contribution in [3.63, 3.8) is 0 Å². The molecule has 1 saturated heterocycles. The third-order valence-corrected chi connectivity index (χ3v) is 11.4. The smallest absolute Gasteiger partial charge is 0.260 e. The highest BCUT2D eigenvalue weighted by atomic mass is 31.1. The molecule has 1 unspecified atom stereocenters. The minimum absolute atomic E-state index is 0.0559. The number of hydrogen-bond donors (Lipinski definition) is 1. The summed E-state index contributed by atoms with van der Waals surface area (Å²) in [6.45, 7) is 19.3. The second kappa shape index (κ2) is 8.47. The van der Waals surface area contributed by atoms with E-state index >= 15 is 0 Å². The summed E-state index contributed by atoms with van der Waals surface area (Å²) in [5.74, 6) is 0.581. The number of aromatic amines is 1. The Labute approximate surface area is 181 Å². The van der Waals surface area contributed by atoms with Crippen molar-refractivity contribution >= 4 is 27.5 Å². The summed E-state index contributed by atoms with van der Waals surface area (Å²) in [6.07, 6.45) is 1.82. The fraction of sp³-hybridized carbons (Fsp3) is 0.714. The van der Waals surface area contributed by atoms with Gasteiger partial charge in [-0.1, -0.05) is 27.7 Å². The SMILES string of the molecule is CC[C@H]1O[C@@H](n2ccc3c(=O)[nH]c(C)nc32)C(O[Si](C)(C)C(C)(C)C)[C@H]1OP(C)C. The molecular formula is C21H36N3O4PSi. The van der Waals surface area contributed by atoms with Gasteiger partial charge in [0.25, 0.3) is 5.56 Å². The van der Waals surface area contributed by atoms with E-state index in [1.807, 2.05) is 10.8 Å². The van der Waals surface area contributed by atoms with Gasteiger partial charge >= 0.3 is 0 Å². The molecule has 0 spiro atoms. The van der Waals surface area contributed by atoms with Crippen LogP contribution >= 0.6 is 8.15 Å². The summed E-state index contributed by atoms with van der Waals surface area (Å²) in [7, 11) is -2.69. The van der Waals surface area contributed by atoms with Crippen LogP contribution in [0.15, 0.2) is 17.1 Å². The second-order valence-corrected chi connectivity index (χ2v) is 16.4. The summed E-state index contributed by atoms with van der Waals surface area (Å²) < 4.78 is 21.8. The van der Waals surface area contributed by atoms with Crippen molar-refractivity contribution in [2.45, 2.75) is 83.7 Å². The Hall–Kier alpha value is -1.05. The van der Waals surface area contributed by atoms with Gasteiger partial charge in [-0.25, -0.2) is 4.98 Å². The molecule has 7 nitrogen and oxygen atoms in total. The third-order valence-electron chi connectivity index (χ3n) is 6.23. The Bertz CT molecular complexity index is 950. The molecule has 30 heavy (non-hydrogen) atoms. The molecule has 9 heteroatoms. The van der Waals surface area contributed by atoms with Crippen molar-refractivity contribution in [2.24, 2.45) is 0 Å². The fourth-order valence-electron chi connectivity index (χ4n) is 3.63. The Morgan fingerprint density at radius 1 is 1.30 bits per heavy atom. The highest BCUT2D eigenvalue weighted by molar-refractivity contribution is 7.50. The zero-order chi connectivity index (χ0) is 22.4. The Balaban J connectivity index is 2.10. The standard InChI is InChI=1S/C21H36N3O4PSi/c1-10-15-16(27-29(6)7)17(28-30(8,9)21(3,4)5)20(26-15)24-12-11-14-18(24)22-13(2)23-19(14)25/h11-12,15-17,20H,10H2,1-9H3,(H,22,23,25)/t15-,16+,17?,20-/m1/s1. The predicted molar refractivity (Wildman–Crippen MR) is 125 cm³/mol. The summed E-state index contributed by atoms with van der Waals surface area (Å²) >= 11 is 0. The first-order chi connectivity index (χ1) is 13.9. The number of aryl methyl sites for hydroxylation is 1. The quantitative estimate of drug-likeness (QED) is 0.503. The van der Waals surface area contributed by atoms with Crippen LogP contribution in [0.2, 0.25) is 18.1 Å². The zero-order valence-electron chi connectivity index (χ0n) is 19.6. The van der Waals surface area contributed by atoms with Crippen LogP contribution in [0.1, 0.15) is 46.2 Å². The van der Waals surface area contributed by atoms with Gasteiger partial charge in [0.2, 0.25) is 0 Å². The van der Waals surface area contributed by atoms with E-state index in [9.17, 15) is 4.79 Å². The minimum Gasteiger partial charge on any atom is -0.407 e. The van der Waals surface area contributed by atoms with Gasteiger partial charge in [0, 0.05) is 14.3 Å². The normalized spacial score (nSPS) is 25.5. The lowest BCUT2D eigenvalue weighted by atomic mass is 10.1. The molecule has 3 rings (SSSR count). The van der Waals surface area contributed by atoms with E-state index in [4.69, 9.17) is 13.7 Å². The number of rotatable bonds is 6. The molecule has 2 aromatic rings. The highest BCUT2D eigenvalue weighted by Gasteiger charge is 2.51. The first kappa shape index (κ1) is 23.6. The van der Waals surface area contributed by atoms with Crippen LogP contribution in [-0.2, 0) is 13.7 Å². The van der Waals surface area contributed by atoms with Crippen LogP contribution in [0.5, 0.6) is 0 Å². The van der Waals surface area contributed by atoms with Crippen molar-refractivity contribution in [3.8, 4) is 0 Å². The van der Waals surface area contributed by atoms with Crippen molar-refractivity contribution in [3.05, 3.63) is 28.4 Å². The number of hydrogen-bond acceptors (Lipinski definition) is 5. The van der Waals surface area contributed by atoms with Crippen molar-refractivity contribution in [1.82, 2.24) is 14.5 Å². The molecular weight excluding hydrogens is 417 g/mol. The maximum Gasteiger partial charge on any atom is 0.260 e. The van der Waals surface area contributed by atoms with E-state index in [-0.39, 0.29) is 28.9 Å². The first-order valence-electron chi connectivity index (χ1n) is 10.6. The topological polar surface area (TPSA) is 78.4 Å². The summed E-state index contributed by atoms with van der Waals surface area (Å²) in [5.41, 5.74) is 0.484. The summed E-state index contributed by atoms with van der Waals surface area (Å²) in [4.78, 5) is 19.8. The van der Waals surface area contributed by atoms with Gasteiger partial charge in [-0.3, -0.25) is 4.79 Å². The fourth-order valence-corrected chi connectivity index (χ4v) is 5.66. The highest BCUT2D eigenvalue weighted by Crippen LogP contribution is 2.46. The molecule has 0 radical (unpaired) electrons. The van der Waals surface area contributed by atoms with Gasteiger partial charge in [-0.15, -0.1) is 0 Å². The average Bonchev–Trinajstić information content (AvgIpc) is 3.15. The van der Waals surface area contributed by atoms with Crippen LogP contribution in [0, 0.1) is 6.92 Å². The molecule has 0 aromatic carbocycles. The molecule has 1 N–H and O–H groups in total. The molecule has 1 fully saturated rings. The molecule has 4 atom stereocenters. The van der Waals surface area contributed by atoms with E-state index in [2.05, 4.69) is 64.1 Å². The molecule has 0 bridgehead atoms. The Morgan fingerprint density at radius 3 is 2.53 bits per heavy atom. The average molecular weight is 454 g/mol. The number of nitrogens with one attached hydrogen (secondary N) is 1. The van der Waals surface area contributed by atoms with E-state index in [1.54, 1.807) is 13.0 Å². The van der Waals surface area contributed by atoms with E-state index < -0.39 is 22.7 Å². The number of fused-ring (bicyclic) bond motifs is 1. The van der Waals surface area contributed by atoms with E-state index in [0.717, 1.165) is 6.42 Å². The molecule has 1 aliphatic rings. The lowest BCUT2D eigenvalue weighted by Crippen LogP contribution is -2.48. The number of H-pyrrole nitrogens is 1. The van der Waals surface area contributed by atoms with Crippen LogP contribution < -0.4 is 5.56 Å². The van der Waals surface area contributed by atoms with Crippen LogP contribution in [0.4, 0.5) is 0 Å². The minimum atomic E-state index is -2.10. The molecule has 2 aromatic heterocycles. The number of aromatic nitrogens is 3. The second-order valence-electron chi connectivity index (χ2n) is 9.81. The molecule has 1 aliphatic heterocycles. The van der Waals surface area contributed by atoms with Crippen LogP contribution in [0.25, 0.3) is 11.0 Å². The Morgan fingerprint density at radius 2 is 1.97 bits per heavy atom. The maximum absolute atomic E-state index is 12.4. The van der Waals surface area contributed by atoms with Gasteiger partial charge in [0.1, 0.15) is 23.7 Å². The number of nitrogens with zero attached hydrogens (tertiary/aromatic N) is 2. The van der Waals surface area contributed by atoms with E-state index in [1.165, 1.54) is 0 Å². The lowest BCUT2D eigenvalue weighted by molar-refractivity contribution is -0.0320. The zero-order valence-corrected chi connectivity index (χ0v) is 21.5. The molecule has 0 aliphatic carbocycles. The Kier molecular flexibility index (Phi) is 6.67. The van der Waals surface area contributed by atoms with E-state index in [0.29, 0.717) is 16.9 Å². The van der Waals surface area contributed by atoms with Crippen LogP contribution in [0.3, 0.4) is 0 Å². The maximum atomic E-state index is 12.4. The third kappa shape index (κ3) is 4.44. The van der Waals surface area contributed by atoms with Gasteiger partial charge in [0.15, 0.2) is 14.5 Å². The van der Waals surface area contributed by atoms with Crippen molar-refractivity contribution in [2.75, 3.05) is 13.3 Å². The van der Waals surface area contributed by atoms with Gasteiger partial charge in [0.05, 0.1) is 11.5 Å². The lowest BCUT2D eigenvalue weighted by Gasteiger charge is -2.41. The van der Waals surface area contributed by atoms with Gasteiger partial charge in [-0.2, -0.15) is 0 Å². The molecule has 0 amide bonds. The number of ether oxygens (including phenoxy) is 1.